The number of aromatic nitrogens is 2. The molecule has 19 heavy (non-hydrogen) atoms. The minimum atomic E-state index is -0.151. The number of amides is 1. The largest absolute Gasteiger partial charge is 0.382 e. The number of hydrogen-bond donors (Lipinski definition) is 2. The summed E-state index contributed by atoms with van der Waals surface area (Å²) < 4.78 is 7.04. The molecular formula is C13H24N4O2. The number of hydrogen-bond acceptors (Lipinski definition) is 4. The highest BCUT2D eigenvalue weighted by molar-refractivity contribution is 5.93. The zero-order valence-electron chi connectivity index (χ0n) is 12.1. The van der Waals surface area contributed by atoms with Gasteiger partial charge in [0, 0.05) is 25.3 Å². The van der Waals surface area contributed by atoms with Crippen LogP contribution in [0.15, 0.2) is 6.07 Å². The van der Waals surface area contributed by atoms with E-state index in [2.05, 4.69) is 10.4 Å². The molecule has 1 heterocycles. The summed E-state index contributed by atoms with van der Waals surface area (Å²) in [4.78, 5) is 12.0. The Kier molecular flexibility index (Phi) is 5.82. The molecule has 0 radical (unpaired) electrons. The number of carbonyl (C=O) groups excluding carboxylic acids is 1. The van der Waals surface area contributed by atoms with Crippen LogP contribution in [0.25, 0.3) is 0 Å². The maximum absolute atomic E-state index is 12.0. The Labute approximate surface area is 114 Å². The molecule has 0 fully saturated rings. The maximum atomic E-state index is 12.0. The summed E-state index contributed by atoms with van der Waals surface area (Å²) in [6.45, 7) is 9.11. The van der Waals surface area contributed by atoms with Gasteiger partial charge in [0.2, 0.25) is 0 Å². The van der Waals surface area contributed by atoms with Gasteiger partial charge in [-0.05, 0) is 34.1 Å². The molecule has 0 saturated carbocycles. The normalized spacial score (nSPS) is 11.3. The van der Waals surface area contributed by atoms with E-state index >= 15 is 0 Å². The Balaban J connectivity index is 2.45. The van der Waals surface area contributed by atoms with Gasteiger partial charge in [-0.2, -0.15) is 5.10 Å². The van der Waals surface area contributed by atoms with E-state index in [1.807, 2.05) is 27.7 Å². The highest BCUT2D eigenvalue weighted by Gasteiger charge is 2.15. The van der Waals surface area contributed by atoms with E-state index in [1.165, 1.54) is 0 Å². The lowest BCUT2D eigenvalue weighted by Crippen LogP contribution is -2.28. The van der Waals surface area contributed by atoms with Crippen molar-refractivity contribution in [3.63, 3.8) is 0 Å². The Morgan fingerprint density at radius 3 is 2.74 bits per heavy atom. The van der Waals surface area contributed by atoms with Gasteiger partial charge in [-0.15, -0.1) is 0 Å². The quantitative estimate of drug-likeness (QED) is 0.736. The molecule has 0 bridgehead atoms. The minimum absolute atomic E-state index is 0.0994. The van der Waals surface area contributed by atoms with Crippen LogP contribution in [0.1, 0.15) is 50.6 Å². The predicted octanol–water partition coefficient (Wildman–Crippen LogP) is 1.59. The number of nitrogen functional groups attached to an aromatic ring is 1. The van der Waals surface area contributed by atoms with Crippen LogP contribution in [0, 0.1) is 0 Å². The highest BCUT2D eigenvalue weighted by Crippen LogP contribution is 2.12. The van der Waals surface area contributed by atoms with Gasteiger partial charge in [0.05, 0.1) is 6.10 Å². The van der Waals surface area contributed by atoms with Crippen LogP contribution in [-0.4, -0.2) is 34.9 Å². The third kappa shape index (κ3) is 4.90. The molecule has 0 aromatic carbocycles. The lowest BCUT2D eigenvalue weighted by molar-refractivity contribution is 0.0755. The molecule has 0 atom stereocenters. The lowest BCUT2D eigenvalue weighted by atomic mass is 10.3. The van der Waals surface area contributed by atoms with Crippen molar-refractivity contribution >= 4 is 11.7 Å². The molecule has 6 heteroatoms. The van der Waals surface area contributed by atoms with Crippen LogP contribution in [-0.2, 0) is 4.74 Å². The molecule has 0 aliphatic carbocycles. The van der Waals surface area contributed by atoms with Crippen LogP contribution < -0.4 is 11.1 Å². The van der Waals surface area contributed by atoms with E-state index in [4.69, 9.17) is 10.5 Å². The first-order valence-electron chi connectivity index (χ1n) is 6.66. The van der Waals surface area contributed by atoms with E-state index < -0.39 is 0 Å². The van der Waals surface area contributed by atoms with Crippen molar-refractivity contribution in [2.45, 2.75) is 46.3 Å². The molecule has 0 saturated heterocycles. The number of ether oxygens (including phenoxy) is 1. The zero-order chi connectivity index (χ0) is 14.4. The van der Waals surface area contributed by atoms with Crippen molar-refractivity contribution in [1.29, 1.82) is 0 Å². The summed E-state index contributed by atoms with van der Waals surface area (Å²) in [6.07, 6.45) is 1.01. The monoisotopic (exact) mass is 268 g/mol. The van der Waals surface area contributed by atoms with Gasteiger partial charge in [0.25, 0.3) is 5.91 Å². The van der Waals surface area contributed by atoms with E-state index in [1.54, 1.807) is 10.7 Å². The first kappa shape index (κ1) is 15.5. The average Bonchev–Trinajstić information content (AvgIpc) is 2.70. The van der Waals surface area contributed by atoms with Crippen LogP contribution in [0.2, 0.25) is 0 Å². The molecule has 0 aliphatic rings. The fourth-order valence-electron chi connectivity index (χ4n) is 1.66. The second kappa shape index (κ2) is 7.13. The zero-order valence-corrected chi connectivity index (χ0v) is 12.1. The van der Waals surface area contributed by atoms with Gasteiger partial charge in [-0.1, -0.05) is 0 Å². The van der Waals surface area contributed by atoms with Crippen molar-refractivity contribution in [2.24, 2.45) is 0 Å². The summed E-state index contributed by atoms with van der Waals surface area (Å²) in [5, 5.41) is 6.95. The molecule has 108 valence electrons. The minimum Gasteiger partial charge on any atom is -0.382 e. The standard InChI is InChI=1S/C13H24N4O2/c1-9(2)17-11(8-12(14)16-17)13(18)15-6-5-7-19-10(3)4/h8-10H,5-7H2,1-4H3,(H2,14,16)(H,15,18). The van der Waals surface area contributed by atoms with Crippen molar-refractivity contribution in [3.05, 3.63) is 11.8 Å². The number of carbonyl (C=O) groups is 1. The highest BCUT2D eigenvalue weighted by atomic mass is 16.5. The fourth-order valence-corrected chi connectivity index (χ4v) is 1.66. The SMILES string of the molecule is CC(C)OCCCNC(=O)c1cc(N)nn1C(C)C. The number of nitrogens with one attached hydrogen (secondary N) is 1. The smallest absolute Gasteiger partial charge is 0.269 e. The Bertz CT molecular complexity index is 413. The Morgan fingerprint density at radius 1 is 1.47 bits per heavy atom. The molecule has 0 spiro atoms. The van der Waals surface area contributed by atoms with Crippen molar-refractivity contribution in [2.75, 3.05) is 18.9 Å². The third-order valence-electron chi connectivity index (χ3n) is 2.53. The van der Waals surface area contributed by atoms with Gasteiger partial charge in [0.15, 0.2) is 0 Å². The lowest BCUT2D eigenvalue weighted by Gasteiger charge is -2.11. The Hall–Kier alpha value is -1.56. The van der Waals surface area contributed by atoms with Crippen molar-refractivity contribution in [1.82, 2.24) is 15.1 Å². The molecule has 0 aliphatic heterocycles. The number of rotatable bonds is 7. The first-order chi connectivity index (χ1) is 8.91. The van der Waals surface area contributed by atoms with Crippen LogP contribution in [0.3, 0.4) is 0 Å². The predicted molar refractivity (Wildman–Crippen MR) is 75.1 cm³/mol. The van der Waals surface area contributed by atoms with Gasteiger partial charge in [0.1, 0.15) is 11.5 Å². The molecular weight excluding hydrogens is 244 g/mol. The van der Waals surface area contributed by atoms with Crippen LogP contribution in [0.5, 0.6) is 0 Å². The Morgan fingerprint density at radius 2 is 2.16 bits per heavy atom. The molecule has 1 aromatic rings. The van der Waals surface area contributed by atoms with Gasteiger partial charge in [-0.25, -0.2) is 0 Å². The summed E-state index contributed by atoms with van der Waals surface area (Å²) >= 11 is 0. The third-order valence-corrected chi connectivity index (χ3v) is 2.53. The van der Waals surface area contributed by atoms with Crippen LogP contribution >= 0.6 is 0 Å². The molecule has 1 amide bonds. The van der Waals surface area contributed by atoms with Gasteiger partial charge < -0.3 is 15.8 Å². The maximum Gasteiger partial charge on any atom is 0.269 e. The van der Waals surface area contributed by atoms with Crippen molar-refractivity contribution in [3.8, 4) is 0 Å². The fraction of sp³-hybridized carbons (Fsp3) is 0.692. The summed E-state index contributed by atoms with van der Waals surface area (Å²) in [6, 6.07) is 1.70. The van der Waals surface area contributed by atoms with E-state index in [0.717, 1.165) is 6.42 Å². The van der Waals surface area contributed by atoms with Crippen LogP contribution in [0.4, 0.5) is 5.82 Å². The second-order valence-electron chi connectivity index (χ2n) is 5.02. The van der Waals surface area contributed by atoms with Gasteiger partial charge >= 0.3 is 0 Å². The molecule has 6 nitrogen and oxygen atoms in total. The first-order valence-corrected chi connectivity index (χ1v) is 6.66. The van der Waals surface area contributed by atoms with E-state index in [9.17, 15) is 4.79 Å². The molecule has 0 unspecified atom stereocenters. The van der Waals surface area contributed by atoms with E-state index in [0.29, 0.717) is 24.7 Å². The molecule has 1 rings (SSSR count). The van der Waals surface area contributed by atoms with Gasteiger partial charge in [-0.3, -0.25) is 9.48 Å². The molecule has 1 aromatic heterocycles. The average molecular weight is 268 g/mol. The summed E-state index contributed by atoms with van der Waals surface area (Å²) in [5.41, 5.74) is 6.13. The summed E-state index contributed by atoms with van der Waals surface area (Å²) in [7, 11) is 0. The number of nitrogens with zero attached hydrogens (tertiary/aromatic N) is 2. The molecule has 3 N–H and O–H groups in total. The summed E-state index contributed by atoms with van der Waals surface area (Å²) in [5.74, 6) is 0.212. The number of nitrogens with two attached hydrogens (primary N) is 1. The van der Waals surface area contributed by atoms with E-state index in [-0.39, 0.29) is 18.1 Å². The number of anilines is 1. The second-order valence-corrected chi connectivity index (χ2v) is 5.02. The van der Waals surface area contributed by atoms with Crippen molar-refractivity contribution < 1.29 is 9.53 Å². The topological polar surface area (TPSA) is 82.2 Å².